The zero-order chi connectivity index (χ0) is 18.0. The second kappa shape index (κ2) is 9.97. The van der Waals surface area contributed by atoms with Gasteiger partial charge in [0.2, 0.25) is 5.91 Å². The van der Waals surface area contributed by atoms with Gasteiger partial charge < -0.3 is 31.3 Å². The maximum Gasteiger partial charge on any atom is 0.326 e. The van der Waals surface area contributed by atoms with Crippen LogP contribution in [0.25, 0.3) is 0 Å². The van der Waals surface area contributed by atoms with Crippen molar-refractivity contribution in [1.82, 2.24) is 16.0 Å². The summed E-state index contributed by atoms with van der Waals surface area (Å²) in [5.41, 5.74) is 0. The summed E-state index contributed by atoms with van der Waals surface area (Å²) in [6.07, 6.45) is -1.36. The predicted molar refractivity (Wildman–Crippen MR) is 74.7 cm³/mol. The third-order valence-electron chi connectivity index (χ3n) is 2.77. The molecule has 0 saturated heterocycles. The van der Waals surface area contributed by atoms with Gasteiger partial charge in [0.1, 0.15) is 12.1 Å². The van der Waals surface area contributed by atoms with Crippen LogP contribution in [0, 0.1) is 0 Å². The lowest BCUT2D eigenvalue weighted by atomic mass is 10.1. The van der Waals surface area contributed by atoms with Crippen LogP contribution in [-0.4, -0.2) is 64.3 Å². The molecule has 3 amide bonds. The molecule has 2 atom stereocenters. The maximum atomic E-state index is 11.7. The van der Waals surface area contributed by atoms with Gasteiger partial charge in [-0.05, 0) is 12.8 Å². The van der Waals surface area contributed by atoms with E-state index in [0.29, 0.717) is 0 Å². The highest BCUT2D eigenvalue weighted by molar-refractivity contribution is 5.89. The van der Waals surface area contributed by atoms with E-state index in [1.807, 2.05) is 5.32 Å². The number of nitrogens with one attached hydrogen (secondary N) is 3. The van der Waals surface area contributed by atoms with E-state index >= 15 is 0 Å². The van der Waals surface area contributed by atoms with Crippen molar-refractivity contribution in [2.45, 2.75) is 37.8 Å². The van der Waals surface area contributed by atoms with Gasteiger partial charge in [0.05, 0.1) is 0 Å². The van der Waals surface area contributed by atoms with Crippen molar-refractivity contribution in [2.75, 3.05) is 7.05 Å². The Kier molecular flexibility index (Phi) is 8.74. The Balaban J connectivity index is 4.68. The third-order valence-corrected chi connectivity index (χ3v) is 2.77. The van der Waals surface area contributed by atoms with E-state index in [1.54, 1.807) is 0 Å². The van der Waals surface area contributed by atoms with Crippen LogP contribution in [0.2, 0.25) is 0 Å². The lowest BCUT2D eigenvalue weighted by Gasteiger charge is -2.19. The summed E-state index contributed by atoms with van der Waals surface area (Å²) >= 11 is 0. The molecule has 0 bridgehead atoms. The molecule has 11 nitrogen and oxygen atoms in total. The van der Waals surface area contributed by atoms with Crippen LogP contribution in [0.4, 0.5) is 4.79 Å². The normalized spacial score (nSPS) is 12.6. The van der Waals surface area contributed by atoms with Crippen LogP contribution < -0.4 is 16.0 Å². The van der Waals surface area contributed by atoms with Crippen LogP contribution in [0.1, 0.15) is 25.7 Å². The van der Waals surface area contributed by atoms with Crippen LogP contribution in [0.5, 0.6) is 0 Å². The molecule has 0 aliphatic rings. The standard InChI is InChI=1S/C12H19N3O8/c1-13-10(20)6(2-4-8(16)17)14-12(23)15-7(11(21)22)3-5-9(18)19/h6-7H,2-5H2,1H3,(H,13,20)(H,16,17)(H,18,19)(H,21,22)(H2,14,15,23)/t6-,7-/m0/s1. The fraction of sp³-hybridized carbons (Fsp3) is 0.583. The molecule has 0 aromatic carbocycles. The molecule has 0 radical (unpaired) electrons. The van der Waals surface area contributed by atoms with Gasteiger partial charge in [-0.1, -0.05) is 0 Å². The molecule has 23 heavy (non-hydrogen) atoms. The molecule has 6 N–H and O–H groups in total. The Morgan fingerprint density at radius 2 is 1.26 bits per heavy atom. The van der Waals surface area contributed by atoms with Crippen molar-refractivity contribution in [2.24, 2.45) is 0 Å². The smallest absolute Gasteiger partial charge is 0.326 e. The van der Waals surface area contributed by atoms with Crippen molar-refractivity contribution in [3.8, 4) is 0 Å². The minimum Gasteiger partial charge on any atom is -0.481 e. The van der Waals surface area contributed by atoms with Gasteiger partial charge in [-0.15, -0.1) is 0 Å². The van der Waals surface area contributed by atoms with Gasteiger partial charge in [0.25, 0.3) is 0 Å². The molecule has 0 unspecified atom stereocenters. The summed E-state index contributed by atoms with van der Waals surface area (Å²) in [6.45, 7) is 0. The molecule has 0 aromatic heterocycles. The first-order chi connectivity index (χ1) is 10.7. The average Bonchev–Trinajstić information content (AvgIpc) is 2.46. The highest BCUT2D eigenvalue weighted by Crippen LogP contribution is 2.01. The quantitative estimate of drug-likeness (QED) is 0.281. The number of aliphatic carboxylic acids is 3. The lowest BCUT2D eigenvalue weighted by molar-refractivity contribution is -0.141. The Morgan fingerprint density at radius 3 is 1.65 bits per heavy atom. The first-order valence-electron chi connectivity index (χ1n) is 6.62. The zero-order valence-corrected chi connectivity index (χ0v) is 12.4. The highest BCUT2D eigenvalue weighted by Gasteiger charge is 2.25. The SMILES string of the molecule is CNC(=O)[C@H](CCC(=O)O)NC(=O)N[C@@H](CCC(=O)O)C(=O)O. The number of urea groups is 1. The number of carbonyl (C=O) groups is 5. The minimum atomic E-state index is -1.45. The fourth-order valence-corrected chi connectivity index (χ4v) is 1.59. The first-order valence-corrected chi connectivity index (χ1v) is 6.62. The number of hydrogen-bond acceptors (Lipinski definition) is 5. The highest BCUT2D eigenvalue weighted by atomic mass is 16.4. The first kappa shape index (κ1) is 20.1. The zero-order valence-electron chi connectivity index (χ0n) is 12.4. The second-order valence-electron chi connectivity index (χ2n) is 4.54. The predicted octanol–water partition coefficient (Wildman–Crippen LogP) is -1.42. The van der Waals surface area contributed by atoms with E-state index in [4.69, 9.17) is 15.3 Å². The number of rotatable bonds is 10. The third kappa shape index (κ3) is 8.90. The monoisotopic (exact) mass is 333 g/mol. The molecule has 130 valence electrons. The van der Waals surface area contributed by atoms with Crippen LogP contribution in [0.15, 0.2) is 0 Å². The Labute approximate surface area is 131 Å². The van der Waals surface area contributed by atoms with Crippen molar-refractivity contribution in [3.05, 3.63) is 0 Å². The Hall–Kier alpha value is -2.85. The van der Waals surface area contributed by atoms with E-state index in [1.165, 1.54) is 7.05 Å². The van der Waals surface area contributed by atoms with Gasteiger partial charge in [-0.3, -0.25) is 14.4 Å². The van der Waals surface area contributed by atoms with E-state index in [9.17, 15) is 24.0 Å². The van der Waals surface area contributed by atoms with Crippen molar-refractivity contribution < 1.29 is 39.3 Å². The van der Waals surface area contributed by atoms with Crippen LogP contribution >= 0.6 is 0 Å². The van der Waals surface area contributed by atoms with E-state index in [0.717, 1.165) is 0 Å². The molecule has 0 rings (SSSR count). The van der Waals surface area contributed by atoms with Crippen molar-refractivity contribution in [3.63, 3.8) is 0 Å². The number of likely N-dealkylation sites (N-methyl/N-ethyl adjacent to an activating group) is 1. The summed E-state index contributed by atoms with van der Waals surface area (Å²) in [7, 11) is 1.29. The van der Waals surface area contributed by atoms with Gasteiger partial charge in [-0.25, -0.2) is 9.59 Å². The molecule has 0 aliphatic heterocycles. The van der Waals surface area contributed by atoms with E-state index in [-0.39, 0.29) is 19.3 Å². The second-order valence-corrected chi connectivity index (χ2v) is 4.54. The molecule has 0 spiro atoms. The summed E-state index contributed by atoms with van der Waals surface area (Å²) < 4.78 is 0. The Bertz CT molecular complexity index is 479. The number of carboxylic acids is 3. The molecular formula is C12H19N3O8. The number of carbonyl (C=O) groups excluding carboxylic acids is 2. The maximum absolute atomic E-state index is 11.7. The fourth-order valence-electron chi connectivity index (χ4n) is 1.59. The summed E-state index contributed by atoms with van der Waals surface area (Å²) in [4.78, 5) is 55.2. The summed E-state index contributed by atoms with van der Waals surface area (Å²) in [6, 6.07) is -3.62. The number of hydrogen-bond donors (Lipinski definition) is 6. The minimum absolute atomic E-state index is 0.185. The molecule has 0 heterocycles. The molecular weight excluding hydrogens is 314 g/mol. The summed E-state index contributed by atoms with van der Waals surface area (Å²) in [5.74, 6) is -4.45. The van der Waals surface area contributed by atoms with Crippen LogP contribution in [-0.2, 0) is 19.2 Å². The number of carboxylic acid groups (broad SMARTS) is 3. The average molecular weight is 333 g/mol. The largest absolute Gasteiger partial charge is 0.481 e. The molecule has 0 aromatic rings. The molecule has 0 aliphatic carbocycles. The van der Waals surface area contributed by atoms with Gasteiger partial charge in [-0.2, -0.15) is 0 Å². The Morgan fingerprint density at radius 1 is 0.826 bits per heavy atom. The lowest BCUT2D eigenvalue weighted by Crippen LogP contribution is -2.53. The molecule has 0 fully saturated rings. The molecule has 11 heteroatoms. The van der Waals surface area contributed by atoms with Gasteiger partial charge in [0, 0.05) is 19.9 Å². The van der Waals surface area contributed by atoms with Crippen LogP contribution in [0.3, 0.4) is 0 Å². The van der Waals surface area contributed by atoms with E-state index in [2.05, 4.69) is 10.6 Å². The van der Waals surface area contributed by atoms with E-state index < -0.39 is 48.4 Å². The molecule has 0 saturated carbocycles. The topological polar surface area (TPSA) is 182 Å². The van der Waals surface area contributed by atoms with Crippen molar-refractivity contribution >= 4 is 29.8 Å². The van der Waals surface area contributed by atoms with Gasteiger partial charge in [0.15, 0.2) is 0 Å². The summed E-state index contributed by atoms with van der Waals surface area (Å²) in [5, 5.41) is 32.5. The van der Waals surface area contributed by atoms with Crippen molar-refractivity contribution in [1.29, 1.82) is 0 Å². The number of amides is 3. The van der Waals surface area contributed by atoms with Gasteiger partial charge >= 0.3 is 23.9 Å².